The molecule has 0 saturated heterocycles. The summed E-state index contributed by atoms with van der Waals surface area (Å²) in [5.74, 6) is 0. The minimum atomic E-state index is -4.31. The van der Waals surface area contributed by atoms with Gasteiger partial charge in [-0.05, 0) is 56.7 Å². The molecule has 0 heterocycles. The van der Waals surface area contributed by atoms with E-state index >= 15 is 0 Å². The maximum Gasteiger partial charge on any atom is 0.124 e. The topological polar surface area (TPSA) is 57.2 Å². The van der Waals surface area contributed by atoms with Crippen molar-refractivity contribution >= 4 is 10.1 Å². The molecule has 1 aromatic carbocycles. The Bertz CT molecular complexity index is 619. The summed E-state index contributed by atoms with van der Waals surface area (Å²) >= 11 is 0. The van der Waals surface area contributed by atoms with Gasteiger partial charge in [0, 0.05) is 0 Å². The third-order valence-electron chi connectivity index (χ3n) is 5.56. The lowest BCUT2D eigenvalue weighted by atomic mass is 10.1. The van der Waals surface area contributed by atoms with Crippen LogP contribution < -0.4 is 0 Å². The monoisotopic (exact) mass is 427 g/mol. The van der Waals surface area contributed by atoms with Gasteiger partial charge in [-0.25, -0.2) is 8.42 Å². The molecule has 0 saturated carbocycles. The normalized spacial score (nSPS) is 11.8. The first-order chi connectivity index (χ1) is 13.7. The molecule has 0 aromatic heterocycles. The Morgan fingerprint density at radius 2 is 1.14 bits per heavy atom. The molecule has 0 fully saturated rings. The lowest BCUT2D eigenvalue weighted by Crippen LogP contribution is -2.50. The summed E-state index contributed by atoms with van der Waals surface area (Å²) in [4.78, 5) is -0.123. The Morgan fingerprint density at radius 3 is 1.41 bits per heavy atom. The van der Waals surface area contributed by atoms with Crippen LogP contribution in [-0.4, -0.2) is 43.6 Å². The van der Waals surface area contributed by atoms with Gasteiger partial charge >= 0.3 is 0 Å². The van der Waals surface area contributed by atoms with Gasteiger partial charge in [0.25, 0.3) is 0 Å². The van der Waals surface area contributed by atoms with Crippen molar-refractivity contribution in [2.75, 3.05) is 26.2 Å². The SMILES string of the molecule is CCCC[N+](CCCC)(CCCC)CCCC.Cc1ccc(C)c(S(=O)(=O)[O-])c1. The van der Waals surface area contributed by atoms with Gasteiger partial charge in [0.05, 0.1) is 31.1 Å². The van der Waals surface area contributed by atoms with Gasteiger partial charge < -0.3 is 9.04 Å². The van der Waals surface area contributed by atoms with E-state index in [-0.39, 0.29) is 4.90 Å². The molecule has 29 heavy (non-hydrogen) atoms. The Labute approximate surface area is 181 Å². The minimum absolute atomic E-state index is 0.123. The van der Waals surface area contributed by atoms with Gasteiger partial charge in [-0.15, -0.1) is 0 Å². The van der Waals surface area contributed by atoms with E-state index < -0.39 is 10.1 Å². The first kappa shape index (κ1) is 28.1. The standard InChI is InChI=1S/C16H36N.C8H10O3S/c1-5-9-13-17(14-10-6-2,15-11-7-3)16-12-8-4;1-6-3-4-7(2)8(5-6)12(9,10)11/h5-16H2,1-4H3;3-5H,1-2H3,(H,9,10,11)/q+1;/p-1. The van der Waals surface area contributed by atoms with Crippen molar-refractivity contribution in [3.63, 3.8) is 0 Å². The maximum absolute atomic E-state index is 10.7. The molecule has 0 aliphatic carbocycles. The Kier molecular flexibility index (Phi) is 14.5. The Hall–Kier alpha value is -0.910. The van der Waals surface area contributed by atoms with Crippen molar-refractivity contribution in [1.82, 2.24) is 0 Å². The maximum atomic E-state index is 10.7. The lowest BCUT2D eigenvalue weighted by molar-refractivity contribution is -0.929. The lowest BCUT2D eigenvalue weighted by Gasteiger charge is -2.39. The van der Waals surface area contributed by atoms with Crippen LogP contribution in [-0.2, 0) is 10.1 Å². The molecule has 0 atom stereocenters. The molecule has 0 spiro atoms. The van der Waals surface area contributed by atoms with Gasteiger partial charge in [-0.2, -0.15) is 0 Å². The number of rotatable bonds is 13. The van der Waals surface area contributed by atoms with Gasteiger partial charge in [-0.3, -0.25) is 0 Å². The molecular formula is C24H45NO3S. The predicted octanol–water partition coefficient (Wildman–Crippen LogP) is 6.21. The number of benzene rings is 1. The summed E-state index contributed by atoms with van der Waals surface area (Å²) in [5, 5.41) is 0. The average Bonchev–Trinajstić information content (AvgIpc) is 2.68. The van der Waals surface area contributed by atoms with Crippen LogP contribution in [0, 0.1) is 13.8 Å². The van der Waals surface area contributed by atoms with Crippen LogP contribution in [0.4, 0.5) is 0 Å². The smallest absolute Gasteiger partial charge is 0.124 e. The van der Waals surface area contributed by atoms with Crippen LogP contribution in [0.2, 0.25) is 0 Å². The third kappa shape index (κ3) is 11.8. The van der Waals surface area contributed by atoms with Crippen molar-refractivity contribution < 1.29 is 17.5 Å². The molecule has 1 aromatic rings. The summed E-state index contributed by atoms with van der Waals surface area (Å²) in [7, 11) is -4.31. The van der Waals surface area contributed by atoms with Crippen molar-refractivity contribution in [1.29, 1.82) is 0 Å². The minimum Gasteiger partial charge on any atom is -0.744 e. The molecular weight excluding hydrogens is 382 g/mol. The van der Waals surface area contributed by atoms with Crippen molar-refractivity contribution in [2.24, 2.45) is 0 Å². The number of hydrogen-bond acceptors (Lipinski definition) is 3. The second-order valence-corrected chi connectivity index (χ2v) is 9.72. The quantitative estimate of drug-likeness (QED) is 0.278. The molecule has 0 radical (unpaired) electrons. The van der Waals surface area contributed by atoms with E-state index in [4.69, 9.17) is 0 Å². The van der Waals surface area contributed by atoms with E-state index in [2.05, 4.69) is 27.7 Å². The molecule has 0 aliphatic rings. The summed E-state index contributed by atoms with van der Waals surface area (Å²) in [6.07, 6.45) is 11.1. The number of hydrogen-bond donors (Lipinski definition) is 0. The van der Waals surface area contributed by atoms with Gasteiger partial charge in [0.15, 0.2) is 0 Å². The van der Waals surface area contributed by atoms with Crippen LogP contribution in [0.15, 0.2) is 23.1 Å². The zero-order valence-corrected chi connectivity index (χ0v) is 20.6. The van der Waals surface area contributed by atoms with Gasteiger partial charge in [0.2, 0.25) is 0 Å². The summed E-state index contributed by atoms with van der Waals surface area (Å²) < 4.78 is 33.4. The molecule has 0 bridgehead atoms. The zero-order valence-electron chi connectivity index (χ0n) is 19.8. The molecule has 4 nitrogen and oxygen atoms in total. The summed E-state index contributed by atoms with van der Waals surface area (Å²) in [6, 6.07) is 4.78. The second-order valence-electron chi connectivity index (χ2n) is 8.37. The highest BCUT2D eigenvalue weighted by atomic mass is 32.2. The van der Waals surface area contributed by atoms with Crippen LogP contribution in [0.5, 0.6) is 0 Å². The van der Waals surface area contributed by atoms with E-state index in [0.717, 1.165) is 5.56 Å². The molecule has 0 N–H and O–H groups in total. The van der Waals surface area contributed by atoms with Gasteiger partial charge in [0.1, 0.15) is 10.1 Å². The molecule has 0 aliphatic heterocycles. The Balaban J connectivity index is 0.000000571. The van der Waals surface area contributed by atoms with Crippen molar-refractivity contribution in [2.45, 2.75) is 97.8 Å². The molecule has 5 heteroatoms. The van der Waals surface area contributed by atoms with Crippen LogP contribution in [0.25, 0.3) is 0 Å². The largest absolute Gasteiger partial charge is 0.744 e. The number of unbranched alkanes of at least 4 members (excludes halogenated alkanes) is 4. The number of quaternary nitrogens is 1. The molecule has 0 unspecified atom stereocenters. The summed E-state index contributed by atoms with van der Waals surface area (Å²) in [6.45, 7) is 18.4. The predicted molar refractivity (Wildman–Crippen MR) is 123 cm³/mol. The second kappa shape index (κ2) is 15.0. The van der Waals surface area contributed by atoms with E-state index in [0.29, 0.717) is 5.56 Å². The first-order valence-corrected chi connectivity index (χ1v) is 12.9. The molecule has 0 amide bonds. The fraction of sp³-hybridized carbons (Fsp3) is 0.750. The first-order valence-electron chi connectivity index (χ1n) is 11.5. The van der Waals surface area contributed by atoms with Gasteiger partial charge in [-0.1, -0.05) is 65.5 Å². The fourth-order valence-corrected chi connectivity index (χ4v) is 4.41. The highest BCUT2D eigenvalue weighted by Gasteiger charge is 2.24. The highest BCUT2D eigenvalue weighted by Crippen LogP contribution is 2.17. The average molecular weight is 428 g/mol. The van der Waals surface area contributed by atoms with E-state index in [1.807, 2.05) is 0 Å². The van der Waals surface area contributed by atoms with E-state index in [9.17, 15) is 13.0 Å². The van der Waals surface area contributed by atoms with E-state index in [1.165, 1.54) is 88.1 Å². The van der Waals surface area contributed by atoms with Crippen molar-refractivity contribution in [3.05, 3.63) is 29.3 Å². The van der Waals surface area contributed by atoms with Crippen LogP contribution in [0.1, 0.15) is 90.2 Å². The number of nitrogens with zero attached hydrogens (tertiary/aromatic N) is 1. The van der Waals surface area contributed by atoms with Crippen LogP contribution in [0.3, 0.4) is 0 Å². The zero-order chi connectivity index (χ0) is 22.3. The summed E-state index contributed by atoms with van der Waals surface area (Å²) in [5.41, 5.74) is 1.27. The molecule has 1 rings (SSSR count). The van der Waals surface area contributed by atoms with Crippen molar-refractivity contribution in [3.8, 4) is 0 Å². The van der Waals surface area contributed by atoms with E-state index in [1.54, 1.807) is 26.0 Å². The third-order valence-corrected chi connectivity index (χ3v) is 6.54. The number of aryl methyl sites for hydroxylation is 2. The van der Waals surface area contributed by atoms with Crippen LogP contribution >= 0.6 is 0 Å². The molecule has 170 valence electrons. The highest BCUT2D eigenvalue weighted by molar-refractivity contribution is 7.85. The Morgan fingerprint density at radius 1 is 0.759 bits per heavy atom. The fourth-order valence-electron chi connectivity index (χ4n) is 3.62.